The summed E-state index contributed by atoms with van der Waals surface area (Å²) in [7, 11) is 0. The second-order valence-corrected chi connectivity index (χ2v) is 6.69. The fourth-order valence-corrected chi connectivity index (χ4v) is 3.69. The molecule has 0 spiro atoms. The Morgan fingerprint density at radius 2 is 1.80 bits per heavy atom. The molecule has 0 bridgehead atoms. The Balaban J connectivity index is 2.23. The van der Waals surface area contributed by atoms with Crippen LogP contribution in [0.15, 0.2) is 39.3 Å². The summed E-state index contributed by atoms with van der Waals surface area (Å²) in [6.07, 6.45) is 0. The SMILES string of the molecule is Fc1cccc(Cl)c1COc1c(Br)cc(CBr)cc1Br. The highest BCUT2D eigenvalue weighted by molar-refractivity contribution is 9.11. The fourth-order valence-electron chi connectivity index (χ4n) is 1.64. The number of rotatable bonds is 4. The minimum atomic E-state index is -0.373. The molecule has 6 heteroatoms. The van der Waals surface area contributed by atoms with E-state index in [1.807, 2.05) is 12.1 Å². The summed E-state index contributed by atoms with van der Waals surface area (Å²) < 4.78 is 21.0. The van der Waals surface area contributed by atoms with E-state index in [1.54, 1.807) is 12.1 Å². The van der Waals surface area contributed by atoms with Crippen LogP contribution in [0.2, 0.25) is 5.02 Å². The summed E-state index contributed by atoms with van der Waals surface area (Å²) >= 11 is 16.3. The van der Waals surface area contributed by atoms with Crippen LogP contribution in [0.1, 0.15) is 11.1 Å². The van der Waals surface area contributed by atoms with E-state index in [4.69, 9.17) is 16.3 Å². The molecule has 2 aromatic carbocycles. The van der Waals surface area contributed by atoms with E-state index in [0.717, 1.165) is 19.8 Å². The summed E-state index contributed by atoms with van der Waals surface area (Å²) in [4.78, 5) is 0. The number of halogens is 5. The van der Waals surface area contributed by atoms with Crippen LogP contribution in [0.25, 0.3) is 0 Å². The van der Waals surface area contributed by atoms with Crippen molar-refractivity contribution in [2.24, 2.45) is 0 Å². The van der Waals surface area contributed by atoms with Crippen molar-refractivity contribution >= 4 is 59.4 Å². The Hall–Kier alpha value is -0.100. The van der Waals surface area contributed by atoms with Gasteiger partial charge in [-0.1, -0.05) is 33.6 Å². The van der Waals surface area contributed by atoms with Gasteiger partial charge in [0, 0.05) is 10.9 Å². The standard InChI is InChI=1S/C14H9Br3ClFO/c15-6-8-4-10(16)14(11(17)5-8)20-7-9-12(18)2-1-3-13(9)19/h1-5H,6-7H2. The van der Waals surface area contributed by atoms with Gasteiger partial charge in [-0.2, -0.15) is 0 Å². The lowest BCUT2D eigenvalue weighted by molar-refractivity contribution is 0.296. The van der Waals surface area contributed by atoms with Crippen LogP contribution in [0.5, 0.6) is 5.75 Å². The summed E-state index contributed by atoms with van der Waals surface area (Å²) in [6, 6.07) is 8.46. The molecule has 106 valence electrons. The summed E-state index contributed by atoms with van der Waals surface area (Å²) in [6.45, 7) is 0.0658. The molecule has 1 nitrogen and oxygen atoms in total. The molecule has 0 fully saturated rings. The lowest BCUT2D eigenvalue weighted by Crippen LogP contribution is -2.01. The average molecular weight is 487 g/mol. The van der Waals surface area contributed by atoms with Crippen molar-refractivity contribution in [2.45, 2.75) is 11.9 Å². The quantitative estimate of drug-likeness (QED) is 0.449. The zero-order chi connectivity index (χ0) is 14.7. The molecule has 2 aromatic rings. The van der Waals surface area contributed by atoms with Gasteiger partial charge in [-0.15, -0.1) is 0 Å². The van der Waals surface area contributed by atoms with E-state index in [1.165, 1.54) is 6.07 Å². The number of alkyl halides is 1. The van der Waals surface area contributed by atoms with E-state index in [2.05, 4.69) is 47.8 Å². The minimum absolute atomic E-state index is 0.0658. The van der Waals surface area contributed by atoms with Crippen LogP contribution in [0.3, 0.4) is 0 Å². The highest BCUT2D eigenvalue weighted by Gasteiger charge is 2.12. The first-order valence-electron chi connectivity index (χ1n) is 5.62. The number of hydrogen-bond acceptors (Lipinski definition) is 1. The topological polar surface area (TPSA) is 9.23 Å². The normalized spacial score (nSPS) is 10.7. The van der Waals surface area contributed by atoms with Crippen molar-refractivity contribution in [3.63, 3.8) is 0 Å². The zero-order valence-corrected chi connectivity index (χ0v) is 15.6. The van der Waals surface area contributed by atoms with Crippen molar-refractivity contribution in [1.29, 1.82) is 0 Å². The molecule has 0 atom stereocenters. The molecule has 0 radical (unpaired) electrons. The monoisotopic (exact) mass is 484 g/mol. The van der Waals surface area contributed by atoms with Gasteiger partial charge in [0.2, 0.25) is 0 Å². The third-order valence-electron chi connectivity index (χ3n) is 2.63. The number of hydrogen-bond donors (Lipinski definition) is 0. The maximum Gasteiger partial charge on any atom is 0.148 e. The first kappa shape index (κ1) is 16.3. The molecule has 0 aliphatic rings. The maximum absolute atomic E-state index is 13.7. The second-order valence-electron chi connectivity index (χ2n) is 4.01. The molecule has 0 aliphatic heterocycles. The van der Waals surface area contributed by atoms with Crippen molar-refractivity contribution in [3.8, 4) is 5.75 Å². The predicted molar refractivity (Wildman–Crippen MR) is 90.2 cm³/mol. The largest absolute Gasteiger partial charge is 0.486 e. The molecule has 20 heavy (non-hydrogen) atoms. The van der Waals surface area contributed by atoms with E-state index in [-0.39, 0.29) is 12.4 Å². The third kappa shape index (κ3) is 3.75. The number of ether oxygens (including phenoxy) is 1. The summed E-state index contributed by atoms with van der Waals surface area (Å²) in [5.74, 6) is 0.246. The van der Waals surface area contributed by atoms with E-state index in [0.29, 0.717) is 16.3 Å². The van der Waals surface area contributed by atoms with Gasteiger partial charge in [0.1, 0.15) is 18.2 Å². The van der Waals surface area contributed by atoms with Gasteiger partial charge in [-0.3, -0.25) is 0 Å². The molecule has 0 aromatic heterocycles. The molecule has 2 rings (SSSR count). The molecule has 0 amide bonds. The van der Waals surface area contributed by atoms with Crippen molar-refractivity contribution in [1.82, 2.24) is 0 Å². The molecule has 0 heterocycles. The van der Waals surface area contributed by atoms with Gasteiger partial charge >= 0.3 is 0 Å². The zero-order valence-electron chi connectivity index (χ0n) is 10.1. The minimum Gasteiger partial charge on any atom is -0.486 e. The van der Waals surface area contributed by atoms with Gasteiger partial charge in [0.25, 0.3) is 0 Å². The Morgan fingerprint density at radius 3 is 2.35 bits per heavy atom. The summed E-state index contributed by atoms with van der Waals surface area (Å²) in [5, 5.41) is 1.10. The second kappa shape index (κ2) is 7.25. The number of benzene rings is 2. The Morgan fingerprint density at radius 1 is 1.15 bits per heavy atom. The van der Waals surface area contributed by atoms with Crippen LogP contribution in [-0.2, 0) is 11.9 Å². The first-order valence-corrected chi connectivity index (χ1v) is 8.71. The summed E-state index contributed by atoms with van der Waals surface area (Å²) in [5.41, 5.74) is 1.44. The Kier molecular flexibility index (Phi) is 5.90. The van der Waals surface area contributed by atoms with Gasteiger partial charge in [0.15, 0.2) is 0 Å². The van der Waals surface area contributed by atoms with Crippen molar-refractivity contribution in [2.75, 3.05) is 0 Å². The average Bonchev–Trinajstić information content (AvgIpc) is 2.40. The van der Waals surface area contributed by atoms with Crippen molar-refractivity contribution < 1.29 is 9.13 Å². The smallest absolute Gasteiger partial charge is 0.148 e. The molecule has 0 saturated carbocycles. The van der Waals surface area contributed by atoms with Crippen LogP contribution in [0, 0.1) is 5.82 Å². The van der Waals surface area contributed by atoms with Crippen LogP contribution in [0.4, 0.5) is 4.39 Å². The molecule has 0 unspecified atom stereocenters. The van der Waals surface area contributed by atoms with E-state index >= 15 is 0 Å². The maximum atomic E-state index is 13.7. The van der Waals surface area contributed by atoms with Gasteiger partial charge in [-0.25, -0.2) is 4.39 Å². The van der Waals surface area contributed by atoms with Crippen LogP contribution < -0.4 is 4.74 Å². The Labute approximate surface area is 146 Å². The van der Waals surface area contributed by atoms with Crippen molar-refractivity contribution in [3.05, 3.63) is 61.2 Å². The molecular formula is C14H9Br3ClFO. The lowest BCUT2D eigenvalue weighted by atomic mass is 10.2. The van der Waals surface area contributed by atoms with Crippen LogP contribution in [-0.4, -0.2) is 0 Å². The highest BCUT2D eigenvalue weighted by atomic mass is 79.9. The van der Waals surface area contributed by atoms with Gasteiger partial charge in [0.05, 0.1) is 14.0 Å². The van der Waals surface area contributed by atoms with E-state index < -0.39 is 0 Å². The molecule has 0 N–H and O–H groups in total. The van der Waals surface area contributed by atoms with Crippen LogP contribution >= 0.6 is 59.4 Å². The predicted octanol–water partition coefficient (Wildman–Crippen LogP) is 6.48. The Bertz CT molecular complexity index is 591. The van der Waals surface area contributed by atoms with Gasteiger partial charge in [-0.05, 0) is 61.7 Å². The van der Waals surface area contributed by atoms with Gasteiger partial charge < -0.3 is 4.74 Å². The molecule has 0 aliphatic carbocycles. The third-order valence-corrected chi connectivity index (χ3v) is 4.81. The molecule has 0 saturated heterocycles. The fraction of sp³-hybridized carbons (Fsp3) is 0.143. The first-order chi connectivity index (χ1) is 9.52. The highest BCUT2D eigenvalue weighted by Crippen LogP contribution is 2.36. The molecular weight excluding hydrogens is 478 g/mol. The lowest BCUT2D eigenvalue weighted by Gasteiger charge is -2.13. The van der Waals surface area contributed by atoms with E-state index in [9.17, 15) is 4.39 Å².